The number of benzene rings is 1. The van der Waals surface area contributed by atoms with Gasteiger partial charge in [0.1, 0.15) is 0 Å². The van der Waals surface area contributed by atoms with Gasteiger partial charge in [-0.05, 0) is 25.5 Å². The van der Waals surface area contributed by atoms with E-state index in [1.807, 2.05) is 31.0 Å². The van der Waals surface area contributed by atoms with Gasteiger partial charge in [-0.1, -0.05) is 11.6 Å². The first-order valence-electron chi connectivity index (χ1n) is 5.74. The molecule has 92 valence electrons. The van der Waals surface area contributed by atoms with Crippen LogP contribution >= 0.6 is 0 Å². The molecule has 0 saturated carbocycles. The van der Waals surface area contributed by atoms with E-state index in [1.54, 1.807) is 6.07 Å². The zero-order chi connectivity index (χ0) is 12.4. The fourth-order valence-corrected chi connectivity index (χ4v) is 2.15. The van der Waals surface area contributed by atoms with E-state index in [0.29, 0.717) is 12.2 Å². The van der Waals surface area contributed by atoms with Crippen molar-refractivity contribution < 1.29 is 14.6 Å². The average Bonchev–Trinajstić information content (AvgIpc) is 2.81. The number of aromatic carboxylic acids is 1. The Hall–Kier alpha value is -1.55. The van der Waals surface area contributed by atoms with E-state index in [1.165, 1.54) is 0 Å². The van der Waals surface area contributed by atoms with Gasteiger partial charge >= 0.3 is 5.97 Å². The summed E-state index contributed by atoms with van der Waals surface area (Å²) in [5.74, 6) is -0.880. The van der Waals surface area contributed by atoms with Crippen molar-refractivity contribution >= 4 is 11.7 Å². The lowest BCUT2D eigenvalue weighted by molar-refractivity contribution is 0.0697. The standard InChI is InChI=1S/C13H17NO3/c1-9-3-4-12(11(7-9)13(15)16)14(2)10-5-6-17-8-10/h3-4,7,10H,5-6,8H2,1-2H3,(H,15,16). The second-order valence-electron chi connectivity index (χ2n) is 4.45. The Kier molecular flexibility index (Phi) is 3.33. The SMILES string of the molecule is Cc1ccc(N(C)C2CCOC2)c(C(=O)O)c1. The van der Waals surface area contributed by atoms with Gasteiger partial charge in [0.25, 0.3) is 0 Å². The number of rotatable bonds is 3. The zero-order valence-electron chi connectivity index (χ0n) is 10.1. The summed E-state index contributed by atoms with van der Waals surface area (Å²) in [7, 11) is 1.93. The van der Waals surface area contributed by atoms with Gasteiger partial charge in [-0.25, -0.2) is 4.79 Å². The molecule has 1 fully saturated rings. The molecule has 1 heterocycles. The highest BCUT2D eigenvalue weighted by atomic mass is 16.5. The molecule has 0 amide bonds. The van der Waals surface area contributed by atoms with Crippen LogP contribution in [0.2, 0.25) is 0 Å². The van der Waals surface area contributed by atoms with E-state index in [9.17, 15) is 9.90 Å². The van der Waals surface area contributed by atoms with Gasteiger partial charge in [-0.15, -0.1) is 0 Å². The Morgan fingerprint density at radius 2 is 2.29 bits per heavy atom. The molecule has 0 radical (unpaired) electrons. The van der Waals surface area contributed by atoms with Crippen molar-refractivity contribution in [1.29, 1.82) is 0 Å². The molecule has 1 aromatic rings. The summed E-state index contributed by atoms with van der Waals surface area (Å²) in [6, 6.07) is 5.80. The number of hydrogen-bond acceptors (Lipinski definition) is 3. The molecule has 1 unspecified atom stereocenters. The first kappa shape index (κ1) is 11.9. The lowest BCUT2D eigenvalue weighted by atomic mass is 10.1. The fourth-order valence-electron chi connectivity index (χ4n) is 2.15. The average molecular weight is 235 g/mol. The summed E-state index contributed by atoms with van der Waals surface area (Å²) < 4.78 is 5.33. The number of hydrogen-bond donors (Lipinski definition) is 1. The monoisotopic (exact) mass is 235 g/mol. The number of ether oxygens (including phenoxy) is 1. The van der Waals surface area contributed by atoms with E-state index in [2.05, 4.69) is 0 Å². The molecule has 0 bridgehead atoms. The molecule has 1 aromatic carbocycles. The summed E-state index contributed by atoms with van der Waals surface area (Å²) in [5, 5.41) is 9.22. The lowest BCUT2D eigenvalue weighted by Gasteiger charge is -2.27. The molecule has 4 nitrogen and oxygen atoms in total. The van der Waals surface area contributed by atoms with Gasteiger partial charge in [0.2, 0.25) is 0 Å². The van der Waals surface area contributed by atoms with Crippen LogP contribution in [0.4, 0.5) is 5.69 Å². The molecule has 4 heteroatoms. The third-order valence-corrected chi connectivity index (χ3v) is 3.22. The highest BCUT2D eigenvalue weighted by molar-refractivity contribution is 5.94. The smallest absolute Gasteiger partial charge is 0.337 e. The molecule has 2 rings (SSSR count). The summed E-state index contributed by atoms with van der Waals surface area (Å²) >= 11 is 0. The molecule has 1 saturated heterocycles. The van der Waals surface area contributed by atoms with Gasteiger partial charge in [-0.3, -0.25) is 0 Å². The molecular weight excluding hydrogens is 218 g/mol. The van der Waals surface area contributed by atoms with E-state index in [-0.39, 0.29) is 6.04 Å². The van der Waals surface area contributed by atoms with Crippen LogP contribution in [0.15, 0.2) is 18.2 Å². The lowest BCUT2D eigenvalue weighted by Crippen LogP contribution is -2.33. The molecular formula is C13H17NO3. The molecule has 17 heavy (non-hydrogen) atoms. The number of carboxylic acids is 1. The topological polar surface area (TPSA) is 49.8 Å². The van der Waals surface area contributed by atoms with E-state index >= 15 is 0 Å². The zero-order valence-corrected chi connectivity index (χ0v) is 10.1. The number of likely N-dealkylation sites (N-methyl/N-ethyl adjacent to an activating group) is 1. The van der Waals surface area contributed by atoms with Crippen molar-refractivity contribution in [3.05, 3.63) is 29.3 Å². The number of nitrogens with zero attached hydrogens (tertiary/aromatic N) is 1. The quantitative estimate of drug-likeness (QED) is 0.869. The van der Waals surface area contributed by atoms with Gasteiger partial charge in [0.05, 0.1) is 23.9 Å². The molecule has 1 N–H and O–H groups in total. The first-order chi connectivity index (χ1) is 8.09. The molecule has 1 aliphatic rings. The van der Waals surface area contributed by atoms with Crippen LogP contribution in [0.3, 0.4) is 0 Å². The fraction of sp³-hybridized carbons (Fsp3) is 0.462. The molecule has 0 spiro atoms. The summed E-state index contributed by atoms with van der Waals surface area (Å²) in [6.45, 7) is 3.32. The highest BCUT2D eigenvalue weighted by Gasteiger charge is 2.23. The van der Waals surface area contributed by atoms with Crippen LogP contribution in [0.5, 0.6) is 0 Å². The Morgan fingerprint density at radius 1 is 1.53 bits per heavy atom. The Labute approximate surface area is 101 Å². The number of aryl methyl sites for hydroxylation is 1. The number of anilines is 1. The minimum atomic E-state index is -0.880. The van der Waals surface area contributed by atoms with Crippen molar-refractivity contribution in [3.8, 4) is 0 Å². The number of carbonyl (C=O) groups is 1. The second kappa shape index (κ2) is 4.75. The van der Waals surface area contributed by atoms with Crippen LogP contribution in [0, 0.1) is 6.92 Å². The van der Waals surface area contributed by atoms with Crippen molar-refractivity contribution in [2.45, 2.75) is 19.4 Å². The molecule has 0 aliphatic carbocycles. The summed E-state index contributed by atoms with van der Waals surface area (Å²) in [4.78, 5) is 13.2. The number of carboxylic acid groups (broad SMARTS) is 1. The van der Waals surface area contributed by atoms with Gasteiger partial charge in [0.15, 0.2) is 0 Å². The van der Waals surface area contributed by atoms with Crippen LogP contribution in [0.25, 0.3) is 0 Å². The Balaban J connectivity index is 2.33. The predicted octanol–water partition coefficient (Wildman–Crippen LogP) is 1.92. The van der Waals surface area contributed by atoms with Crippen molar-refractivity contribution in [2.24, 2.45) is 0 Å². The van der Waals surface area contributed by atoms with Crippen molar-refractivity contribution in [1.82, 2.24) is 0 Å². The van der Waals surface area contributed by atoms with Crippen LogP contribution in [-0.2, 0) is 4.74 Å². The maximum Gasteiger partial charge on any atom is 0.337 e. The first-order valence-corrected chi connectivity index (χ1v) is 5.74. The van der Waals surface area contributed by atoms with Crippen LogP contribution in [-0.4, -0.2) is 37.4 Å². The largest absolute Gasteiger partial charge is 0.478 e. The van der Waals surface area contributed by atoms with E-state index in [0.717, 1.165) is 24.3 Å². The van der Waals surface area contributed by atoms with E-state index in [4.69, 9.17) is 4.74 Å². The molecule has 1 aliphatic heterocycles. The Morgan fingerprint density at radius 3 is 2.88 bits per heavy atom. The summed E-state index contributed by atoms with van der Waals surface area (Å²) in [5.41, 5.74) is 2.08. The van der Waals surface area contributed by atoms with Gasteiger partial charge < -0.3 is 14.7 Å². The third-order valence-electron chi connectivity index (χ3n) is 3.22. The van der Waals surface area contributed by atoms with Crippen molar-refractivity contribution in [2.75, 3.05) is 25.2 Å². The predicted molar refractivity (Wildman–Crippen MR) is 65.8 cm³/mol. The molecule has 1 atom stereocenters. The maximum absolute atomic E-state index is 11.2. The third kappa shape index (κ3) is 2.42. The minimum absolute atomic E-state index is 0.274. The van der Waals surface area contributed by atoms with Gasteiger partial charge in [-0.2, -0.15) is 0 Å². The minimum Gasteiger partial charge on any atom is -0.478 e. The highest BCUT2D eigenvalue weighted by Crippen LogP contribution is 2.25. The van der Waals surface area contributed by atoms with Crippen LogP contribution in [0.1, 0.15) is 22.3 Å². The second-order valence-corrected chi connectivity index (χ2v) is 4.45. The Bertz CT molecular complexity index is 425. The van der Waals surface area contributed by atoms with E-state index < -0.39 is 5.97 Å². The van der Waals surface area contributed by atoms with Gasteiger partial charge in [0, 0.05) is 13.7 Å². The van der Waals surface area contributed by atoms with Crippen molar-refractivity contribution in [3.63, 3.8) is 0 Å². The normalized spacial score (nSPS) is 19.3. The maximum atomic E-state index is 11.2. The van der Waals surface area contributed by atoms with Crippen LogP contribution < -0.4 is 4.90 Å². The summed E-state index contributed by atoms with van der Waals surface area (Å²) in [6.07, 6.45) is 0.948. The molecule has 0 aromatic heterocycles.